The average molecular weight is 800 g/mol. The summed E-state index contributed by atoms with van der Waals surface area (Å²) >= 11 is 0. The Morgan fingerprint density at radius 1 is 0.254 bits per heavy atom. The fourth-order valence-corrected chi connectivity index (χ4v) is 11.8. The zero-order valence-corrected chi connectivity index (χ0v) is 34.6. The number of fused-ring (bicyclic) bond motifs is 13. The molecule has 10 aromatic carbocycles. The fraction of sp³-hybridized carbons (Fsp3) is 0.0323. The van der Waals surface area contributed by atoms with Crippen molar-refractivity contribution in [2.24, 2.45) is 0 Å². The lowest BCUT2D eigenvalue weighted by Gasteiger charge is -2.37. The lowest BCUT2D eigenvalue weighted by atomic mass is 9.68. The van der Waals surface area contributed by atoms with E-state index in [1.54, 1.807) is 0 Å². The summed E-state index contributed by atoms with van der Waals surface area (Å²) in [5.41, 5.74) is 22.9. The Balaban J connectivity index is 1.14. The van der Waals surface area contributed by atoms with E-state index in [1.165, 1.54) is 94.7 Å². The van der Waals surface area contributed by atoms with Gasteiger partial charge in [-0.2, -0.15) is 0 Å². The zero-order chi connectivity index (χ0) is 41.5. The Kier molecular flexibility index (Phi) is 7.80. The predicted octanol–water partition coefficient (Wildman–Crippen LogP) is 15.5. The van der Waals surface area contributed by atoms with Crippen LogP contribution in [-0.2, 0) is 10.8 Å². The lowest BCUT2D eigenvalue weighted by molar-refractivity contribution is 0.768. The van der Waals surface area contributed by atoms with Crippen molar-refractivity contribution in [3.8, 4) is 44.5 Å². The molecule has 0 aliphatic heterocycles. The van der Waals surface area contributed by atoms with Gasteiger partial charge in [0.2, 0.25) is 0 Å². The van der Waals surface area contributed by atoms with Gasteiger partial charge in [-0.3, -0.25) is 0 Å². The molecule has 0 bridgehead atoms. The first-order valence-corrected chi connectivity index (χ1v) is 22.0. The second-order valence-electron chi connectivity index (χ2n) is 17.1. The van der Waals surface area contributed by atoms with Crippen molar-refractivity contribution in [2.75, 3.05) is 4.90 Å². The first kappa shape index (κ1) is 35.7. The van der Waals surface area contributed by atoms with Crippen molar-refractivity contribution >= 4 is 17.1 Å². The third-order valence-corrected chi connectivity index (χ3v) is 14.2. The van der Waals surface area contributed by atoms with Crippen LogP contribution >= 0.6 is 0 Å². The first-order chi connectivity index (χ1) is 31.3. The van der Waals surface area contributed by atoms with Gasteiger partial charge in [-0.15, -0.1) is 0 Å². The number of anilines is 3. The molecule has 3 aliphatic carbocycles. The fourth-order valence-electron chi connectivity index (χ4n) is 11.8. The van der Waals surface area contributed by atoms with Crippen LogP contribution in [0.5, 0.6) is 0 Å². The summed E-state index contributed by atoms with van der Waals surface area (Å²) in [4.78, 5) is 2.58. The molecule has 13 rings (SSSR count). The van der Waals surface area contributed by atoms with Gasteiger partial charge in [0.25, 0.3) is 0 Å². The largest absolute Gasteiger partial charge is 0.309 e. The van der Waals surface area contributed by atoms with Gasteiger partial charge in [0.1, 0.15) is 0 Å². The molecule has 1 heteroatoms. The Hall–Kier alpha value is -8.00. The number of para-hydroxylation sites is 1. The van der Waals surface area contributed by atoms with Gasteiger partial charge in [-0.25, -0.2) is 0 Å². The molecule has 0 N–H and O–H groups in total. The minimum absolute atomic E-state index is 0.489. The molecule has 0 aromatic heterocycles. The van der Waals surface area contributed by atoms with Crippen LogP contribution in [0.4, 0.5) is 17.1 Å². The molecular formula is C62H41N. The van der Waals surface area contributed by atoms with Gasteiger partial charge in [0.15, 0.2) is 0 Å². The molecule has 294 valence electrons. The highest BCUT2D eigenvalue weighted by atomic mass is 15.1. The molecule has 0 radical (unpaired) electrons. The summed E-state index contributed by atoms with van der Waals surface area (Å²) in [5, 5.41) is 0. The summed E-state index contributed by atoms with van der Waals surface area (Å²) in [6.07, 6.45) is 0. The number of nitrogens with zero attached hydrogens (tertiary/aromatic N) is 1. The molecule has 0 fully saturated rings. The summed E-state index contributed by atoms with van der Waals surface area (Å²) in [5.74, 6) is 0. The number of hydrogen-bond acceptors (Lipinski definition) is 1. The quantitative estimate of drug-likeness (QED) is 0.162. The Bertz CT molecular complexity index is 3300. The standard InChI is InChI=1S/C62H41N/c1-4-21-42(22-5-1)46-27-14-19-37-58(46)63(45-39-40-57-52(41-45)50-31-13-15-33-53(50)61(57,43-23-6-2-7-24-43)44-25-8-3-9-26-44)59-38-20-32-51-49-30-12-18-36-56(49)62(60(51)59)54-34-16-10-28-47(54)48-29-11-17-35-55(48)62/h1-41H. The molecule has 1 spiro atoms. The average Bonchev–Trinajstić information content (AvgIpc) is 3.96. The smallest absolute Gasteiger partial charge is 0.0746 e. The van der Waals surface area contributed by atoms with E-state index in [0.717, 1.165) is 11.4 Å². The third-order valence-electron chi connectivity index (χ3n) is 14.2. The lowest BCUT2D eigenvalue weighted by Crippen LogP contribution is -2.29. The van der Waals surface area contributed by atoms with Gasteiger partial charge < -0.3 is 4.90 Å². The highest BCUT2D eigenvalue weighted by Gasteiger charge is 2.53. The molecule has 0 unspecified atom stereocenters. The molecule has 63 heavy (non-hydrogen) atoms. The van der Waals surface area contributed by atoms with Gasteiger partial charge >= 0.3 is 0 Å². The number of rotatable bonds is 6. The monoisotopic (exact) mass is 799 g/mol. The van der Waals surface area contributed by atoms with Crippen LogP contribution in [0.2, 0.25) is 0 Å². The molecular weight excluding hydrogens is 759 g/mol. The molecule has 0 heterocycles. The van der Waals surface area contributed by atoms with Crippen molar-refractivity contribution in [3.63, 3.8) is 0 Å². The summed E-state index contributed by atoms with van der Waals surface area (Å²) in [6.45, 7) is 0. The maximum absolute atomic E-state index is 2.58. The van der Waals surface area contributed by atoms with Crippen LogP contribution < -0.4 is 4.90 Å². The van der Waals surface area contributed by atoms with Crippen molar-refractivity contribution < 1.29 is 0 Å². The SMILES string of the molecule is c1ccc(-c2ccccc2N(c2ccc3c(c2)-c2ccccc2C3(c2ccccc2)c2ccccc2)c2cccc3c2C2(c4ccccc4-c4ccccc42)c2ccccc2-3)cc1. The second kappa shape index (κ2) is 13.8. The van der Waals surface area contributed by atoms with Crippen LogP contribution in [0.25, 0.3) is 44.5 Å². The van der Waals surface area contributed by atoms with Crippen LogP contribution in [-0.4, -0.2) is 0 Å². The first-order valence-electron chi connectivity index (χ1n) is 22.0. The van der Waals surface area contributed by atoms with E-state index in [0.29, 0.717) is 0 Å². The van der Waals surface area contributed by atoms with E-state index in [4.69, 9.17) is 0 Å². The molecule has 10 aromatic rings. The van der Waals surface area contributed by atoms with Crippen LogP contribution in [0.3, 0.4) is 0 Å². The number of hydrogen-bond donors (Lipinski definition) is 0. The van der Waals surface area contributed by atoms with Crippen LogP contribution in [0.1, 0.15) is 44.5 Å². The van der Waals surface area contributed by atoms with Crippen molar-refractivity contribution in [1.82, 2.24) is 0 Å². The van der Waals surface area contributed by atoms with E-state index < -0.39 is 10.8 Å². The highest BCUT2D eigenvalue weighted by Crippen LogP contribution is 2.66. The normalized spacial score (nSPS) is 14.0. The summed E-state index contributed by atoms with van der Waals surface area (Å²) in [6, 6.07) is 92.7. The Labute approximate surface area is 368 Å². The van der Waals surface area contributed by atoms with E-state index in [1.807, 2.05) is 0 Å². The third kappa shape index (κ3) is 4.82. The molecule has 0 saturated heterocycles. The minimum Gasteiger partial charge on any atom is -0.309 e. The maximum Gasteiger partial charge on any atom is 0.0746 e. The van der Waals surface area contributed by atoms with Crippen LogP contribution in [0, 0.1) is 0 Å². The number of benzene rings is 10. The van der Waals surface area contributed by atoms with E-state index >= 15 is 0 Å². The zero-order valence-electron chi connectivity index (χ0n) is 34.6. The molecule has 0 saturated carbocycles. The topological polar surface area (TPSA) is 3.24 Å². The van der Waals surface area contributed by atoms with Gasteiger partial charge in [-0.1, -0.05) is 224 Å². The molecule has 3 aliphatic rings. The van der Waals surface area contributed by atoms with Crippen molar-refractivity contribution in [3.05, 3.63) is 293 Å². The van der Waals surface area contributed by atoms with E-state index in [2.05, 4.69) is 254 Å². The molecule has 1 nitrogen and oxygen atoms in total. The highest BCUT2D eigenvalue weighted by molar-refractivity contribution is 6.01. The summed E-state index contributed by atoms with van der Waals surface area (Å²) < 4.78 is 0. The van der Waals surface area contributed by atoms with Gasteiger partial charge in [0, 0.05) is 16.8 Å². The molecule has 0 amide bonds. The van der Waals surface area contributed by atoms with Crippen molar-refractivity contribution in [1.29, 1.82) is 0 Å². The molecule has 0 atom stereocenters. The van der Waals surface area contributed by atoms with E-state index in [9.17, 15) is 0 Å². The van der Waals surface area contributed by atoms with Gasteiger partial charge in [0.05, 0.1) is 22.2 Å². The maximum atomic E-state index is 2.58. The van der Waals surface area contributed by atoms with Crippen molar-refractivity contribution in [2.45, 2.75) is 10.8 Å². The van der Waals surface area contributed by atoms with E-state index in [-0.39, 0.29) is 0 Å². The second-order valence-corrected chi connectivity index (χ2v) is 17.1. The minimum atomic E-state index is -0.533. The Morgan fingerprint density at radius 2 is 0.651 bits per heavy atom. The Morgan fingerprint density at radius 3 is 1.22 bits per heavy atom. The van der Waals surface area contributed by atoms with Crippen LogP contribution in [0.15, 0.2) is 249 Å². The van der Waals surface area contributed by atoms with Gasteiger partial charge in [-0.05, 0) is 102 Å². The summed E-state index contributed by atoms with van der Waals surface area (Å²) in [7, 11) is 0. The predicted molar refractivity (Wildman–Crippen MR) is 260 cm³/mol.